The molecule has 1 aromatic rings. The van der Waals surface area contributed by atoms with E-state index < -0.39 is 5.97 Å². The van der Waals surface area contributed by atoms with Crippen molar-refractivity contribution in [2.24, 2.45) is 5.92 Å². The van der Waals surface area contributed by atoms with Gasteiger partial charge in [0.15, 0.2) is 0 Å². The van der Waals surface area contributed by atoms with E-state index in [0.29, 0.717) is 35.4 Å². The van der Waals surface area contributed by atoms with Crippen molar-refractivity contribution in [3.63, 3.8) is 0 Å². The number of carbonyl (C=O) groups is 1. The second kappa shape index (κ2) is 8.02. The third-order valence-corrected chi connectivity index (χ3v) is 2.88. The molecule has 0 aliphatic heterocycles. The molecular weight excluding hydrogens is 266 g/mol. The lowest BCUT2D eigenvalue weighted by molar-refractivity contribution is 0.0303. The standard InChI is InChI=1S/C14H20ClNO3/c1-10(2)5-6-18-7-8-19-14(17)11-3-4-12(15)13(16)9-11/h3-4,9-10H,5-8,16H2,1-2H3. The summed E-state index contributed by atoms with van der Waals surface area (Å²) in [5.41, 5.74) is 6.37. The molecule has 19 heavy (non-hydrogen) atoms. The smallest absolute Gasteiger partial charge is 0.338 e. The van der Waals surface area contributed by atoms with Gasteiger partial charge in [0, 0.05) is 6.61 Å². The molecule has 0 saturated heterocycles. The molecule has 0 fully saturated rings. The molecule has 0 heterocycles. The first-order chi connectivity index (χ1) is 9.00. The van der Waals surface area contributed by atoms with Crippen LogP contribution < -0.4 is 5.73 Å². The van der Waals surface area contributed by atoms with E-state index in [2.05, 4.69) is 13.8 Å². The highest BCUT2D eigenvalue weighted by Crippen LogP contribution is 2.19. The van der Waals surface area contributed by atoms with Gasteiger partial charge in [-0.2, -0.15) is 0 Å². The molecule has 0 atom stereocenters. The predicted molar refractivity (Wildman–Crippen MR) is 76.4 cm³/mol. The SMILES string of the molecule is CC(C)CCOCCOC(=O)c1ccc(Cl)c(N)c1. The molecule has 0 amide bonds. The Hall–Kier alpha value is -1.26. The van der Waals surface area contributed by atoms with E-state index in [4.69, 9.17) is 26.8 Å². The van der Waals surface area contributed by atoms with Gasteiger partial charge in [0.25, 0.3) is 0 Å². The largest absolute Gasteiger partial charge is 0.460 e. The van der Waals surface area contributed by atoms with Crippen LogP contribution in [0.25, 0.3) is 0 Å². The summed E-state index contributed by atoms with van der Waals surface area (Å²) in [6.07, 6.45) is 1.00. The third-order valence-electron chi connectivity index (χ3n) is 2.53. The van der Waals surface area contributed by atoms with Gasteiger partial charge in [-0.1, -0.05) is 25.4 Å². The minimum absolute atomic E-state index is 0.236. The topological polar surface area (TPSA) is 61.5 Å². The Labute approximate surface area is 118 Å². The normalized spacial score (nSPS) is 10.7. The fourth-order valence-corrected chi connectivity index (χ4v) is 1.49. The van der Waals surface area contributed by atoms with Crippen LogP contribution >= 0.6 is 11.6 Å². The minimum Gasteiger partial charge on any atom is -0.460 e. The second-order valence-electron chi connectivity index (χ2n) is 4.67. The van der Waals surface area contributed by atoms with Crippen LogP contribution in [-0.2, 0) is 9.47 Å². The molecule has 0 bridgehead atoms. The van der Waals surface area contributed by atoms with Crippen LogP contribution in [-0.4, -0.2) is 25.8 Å². The molecule has 1 rings (SSSR count). The summed E-state index contributed by atoms with van der Waals surface area (Å²) in [6, 6.07) is 4.66. The fourth-order valence-electron chi connectivity index (χ4n) is 1.37. The average Bonchev–Trinajstić information content (AvgIpc) is 2.36. The molecule has 0 unspecified atom stereocenters. The average molecular weight is 286 g/mol. The maximum Gasteiger partial charge on any atom is 0.338 e. The number of esters is 1. The highest BCUT2D eigenvalue weighted by atomic mass is 35.5. The van der Waals surface area contributed by atoms with Crippen molar-refractivity contribution < 1.29 is 14.3 Å². The number of nitrogen functional groups attached to an aromatic ring is 1. The van der Waals surface area contributed by atoms with Crippen LogP contribution in [0.3, 0.4) is 0 Å². The van der Waals surface area contributed by atoms with Gasteiger partial charge in [0.2, 0.25) is 0 Å². The van der Waals surface area contributed by atoms with Gasteiger partial charge >= 0.3 is 5.97 Å². The lowest BCUT2D eigenvalue weighted by Crippen LogP contribution is -2.12. The predicted octanol–water partition coefficient (Wildman–Crippen LogP) is 3.14. The molecule has 2 N–H and O–H groups in total. The summed E-state index contributed by atoms with van der Waals surface area (Å²) in [6.45, 7) is 5.59. The van der Waals surface area contributed by atoms with E-state index in [9.17, 15) is 4.79 Å². The van der Waals surface area contributed by atoms with Crippen molar-refractivity contribution in [1.29, 1.82) is 0 Å². The maximum atomic E-state index is 11.7. The van der Waals surface area contributed by atoms with Crippen LogP contribution in [0, 0.1) is 5.92 Å². The lowest BCUT2D eigenvalue weighted by atomic mass is 10.1. The van der Waals surface area contributed by atoms with Gasteiger partial charge in [0.05, 0.1) is 22.9 Å². The molecule has 0 spiro atoms. The molecular formula is C14H20ClNO3. The second-order valence-corrected chi connectivity index (χ2v) is 5.07. The molecule has 106 valence electrons. The Kier molecular flexibility index (Phi) is 6.67. The lowest BCUT2D eigenvalue weighted by Gasteiger charge is -2.08. The summed E-state index contributed by atoms with van der Waals surface area (Å²) in [4.78, 5) is 11.7. The molecule has 0 radical (unpaired) electrons. The van der Waals surface area contributed by atoms with E-state index >= 15 is 0 Å². The van der Waals surface area contributed by atoms with Crippen molar-refractivity contribution in [2.45, 2.75) is 20.3 Å². The van der Waals surface area contributed by atoms with Crippen LogP contribution in [0.15, 0.2) is 18.2 Å². The number of anilines is 1. The number of benzene rings is 1. The Bertz CT molecular complexity index is 421. The van der Waals surface area contributed by atoms with Gasteiger partial charge in [0.1, 0.15) is 6.61 Å². The third kappa shape index (κ3) is 5.94. The monoisotopic (exact) mass is 285 g/mol. The zero-order valence-corrected chi connectivity index (χ0v) is 12.1. The van der Waals surface area contributed by atoms with Crippen molar-refractivity contribution >= 4 is 23.3 Å². The summed E-state index contributed by atoms with van der Waals surface area (Å²) in [5, 5.41) is 0.425. The molecule has 0 aromatic heterocycles. The summed E-state index contributed by atoms with van der Waals surface area (Å²) in [5.74, 6) is 0.190. The van der Waals surface area contributed by atoms with Crippen LogP contribution in [0.2, 0.25) is 5.02 Å². The number of halogens is 1. The number of nitrogens with two attached hydrogens (primary N) is 1. The number of carbonyl (C=O) groups excluding carboxylic acids is 1. The Morgan fingerprint density at radius 1 is 1.32 bits per heavy atom. The van der Waals surface area contributed by atoms with Crippen molar-refractivity contribution in [2.75, 3.05) is 25.6 Å². The Morgan fingerprint density at radius 3 is 2.68 bits per heavy atom. The quantitative estimate of drug-likeness (QED) is 0.475. The molecule has 5 heteroatoms. The van der Waals surface area contributed by atoms with Crippen molar-refractivity contribution in [3.8, 4) is 0 Å². The first-order valence-electron chi connectivity index (χ1n) is 6.30. The zero-order chi connectivity index (χ0) is 14.3. The van der Waals surface area contributed by atoms with E-state index in [1.807, 2.05) is 0 Å². The fraction of sp³-hybridized carbons (Fsp3) is 0.500. The first-order valence-corrected chi connectivity index (χ1v) is 6.68. The van der Waals surface area contributed by atoms with Crippen molar-refractivity contribution in [1.82, 2.24) is 0 Å². The van der Waals surface area contributed by atoms with E-state index in [0.717, 1.165) is 6.42 Å². The van der Waals surface area contributed by atoms with Crippen molar-refractivity contribution in [3.05, 3.63) is 28.8 Å². The summed E-state index contributed by atoms with van der Waals surface area (Å²) >= 11 is 5.78. The molecule has 0 aliphatic rings. The zero-order valence-electron chi connectivity index (χ0n) is 11.3. The highest BCUT2D eigenvalue weighted by molar-refractivity contribution is 6.33. The summed E-state index contributed by atoms with van der Waals surface area (Å²) < 4.78 is 10.4. The first kappa shape index (κ1) is 15.8. The van der Waals surface area contributed by atoms with Gasteiger partial charge in [-0.15, -0.1) is 0 Å². The van der Waals surface area contributed by atoms with Crippen LogP contribution in [0.1, 0.15) is 30.6 Å². The van der Waals surface area contributed by atoms with Gasteiger partial charge in [-0.3, -0.25) is 0 Å². The minimum atomic E-state index is -0.421. The number of hydrogen-bond donors (Lipinski definition) is 1. The molecule has 0 aliphatic carbocycles. The highest BCUT2D eigenvalue weighted by Gasteiger charge is 2.08. The Morgan fingerprint density at radius 2 is 2.05 bits per heavy atom. The maximum absolute atomic E-state index is 11.7. The van der Waals surface area contributed by atoms with E-state index in [-0.39, 0.29) is 6.61 Å². The van der Waals surface area contributed by atoms with E-state index in [1.54, 1.807) is 12.1 Å². The number of rotatable bonds is 7. The number of ether oxygens (including phenoxy) is 2. The summed E-state index contributed by atoms with van der Waals surface area (Å²) in [7, 11) is 0. The van der Waals surface area contributed by atoms with Gasteiger partial charge < -0.3 is 15.2 Å². The van der Waals surface area contributed by atoms with Crippen LogP contribution in [0.5, 0.6) is 0 Å². The molecule has 0 saturated carbocycles. The molecule has 4 nitrogen and oxygen atoms in total. The van der Waals surface area contributed by atoms with Gasteiger partial charge in [-0.25, -0.2) is 4.79 Å². The van der Waals surface area contributed by atoms with Crippen LogP contribution in [0.4, 0.5) is 5.69 Å². The molecule has 1 aromatic carbocycles. The van der Waals surface area contributed by atoms with Gasteiger partial charge in [-0.05, 0) is 30.5 Å². The Balaban J connectivity index is 2.26. The number of hydrogen-bond acceptors (Lipinski definition) is 4. The van der Waals surface area contributed by atoms with E-state index in [1.165, 1.54) is 6.07 Å².